The minimum Gasteiger partial charge on any atom is -0.495 e. The number of para-hydroxylation sites is 2. The maximum atomic E-state index is 12.6. The number of benzene rings is 2. The van der Waals surface area contributed by atoms with Crippen LogP contribution in [0.15, 0.2) is 42.5 Å². The van der Waals surface area contributed by atoms with Gasteiger partial charge < -0.3 is 15.0 Å². The average molecular weight is 294 g/mol. The van der Waals surface area contributed by atoms with E-state index in [1.165, 1.54) is 5.56 Å². The molecule has 4 nitrogen and oxygen atoms in total. The molecule has 0 saturated heterocycles. The standard InChI is InChI=1S/C18H18N2O2/c1-11-8-9-14-13(10-11)12(2)17(19-14)18(21)20-15-6-4-5-7-16(15)22-3/h4-10,19H,1-3H3,(H,20,21). The molecule has 1 aromatic heterocycles. The quantitative estimate of drug-likeness (QED) is 0.765. The van der Waals surface area contributed by atoms with Gasteiger partial charge >= 0.3 is 0 Å². The van der Waals surface area contributed by atoms with Gasteiger partial charge in [0.2, 0.25) is 0 Å². The normalized spacial score (nSPS) is 10.7. The summed E-state index contributed by atoms with van der Waals surface area (Å²) in [5.41, 5.74) is 4.32. The van der Waals surface area contributed by atoms with Gasteiger partial charge in [0.05, 0.1) is 12.8 Å². The number of H-pyrrole nitrogens is 1. The summed E-state index contributed by atoms with van der Waals surface area (Å²) in [5, 5.41) is 3.97. The molecule has 4 heteroatoms. The van der Waals surface area contributed by atoms with E-state index in [0.29, 0.717) is 17.1 Å². The summed E-state index contributed by atoms with van der Waals surface area (Å²) >= 11 is 0. The van der Waals surface area contributed by atoms with Crippen LogP contribution in [-0.4, -0.2) is 18.0 Å². The monoisotopic (exact) mass is 294 g/mol. The lowest BCUT2D eigenvalue weighted by atomic mass is 10.1. The highest BCUT2D eigenvalue weighted by atomic mass is 16.5. The molecule has 3 aromatic rings. The van der Waals surface area contributed by atoms with Gasteiger partial charge in [-0.3, -0.25) is 4.79 Å². The van der Waals surface area contributed by atoms with Crippen LogP contribution in [0.2, 0.25) is 0 Å². The lowest BCUT2D eigenvalue weighted by Crippen LogP contribution is -2.14. The average Bonchev–Trinajstić information content (AvgIpc) is 2.85. The Balaban J connectivity index is 1.97. The molecule has 22 heavy (non-hydrogen) atoms. The molecule has 0 spiro atoms. The van der Waals surface area contributed by atoms with Crippen LogP contribution in [0.5, 0.6) is 5.75 Å². The second-order valence-corrected chi connectivity index (χ2v) is 5.33. The van der Waals surface area contributed by atoms with Crippen molar-refractivity contribution in [2.24, 2.45) is 0 Å². The fourth-order valence-corrected chi connectivity index (χ4v) is 2.60. The van der Waals surface area contributed by atoms with Gasteiger partial charge in [-0.05, 0) is 43.7 Å². The predicted octanol–water partition coefficient (Wildman–Crippen LogP) is 4.05. The van der Waals surface area contributed by atoms with Crippen LogP contribution in [0.25, 0.3) is 10.9 Å². The molecule has 0 radical (unpaired) electrons. The molecule has 0 bridgehead atoms. The van der Waals surface area contributed by atoms with Crippen molar-refractivity contribution < 1.29 is 9.53 Å². The number of fused-ring (bicyclic) bond motifs is 1. The smallest absolute Gasteiger partial charge is 0.272 e. The molecule has 0 aliphatic carbocycles. The number of hydrogen-bond acceptors (Lipinski definition) is 2. The molecule has 0 atom stereocenters. The summed E-state index contributed by atoms with van der Waals surface area (Å²) in [6.07, 6.45) is 0. The fourth-order valence-electron chi connectivity index (χ4n) is 2.60. The van der Waals surface area contributed by atoms with E-state index in [1.807, 2.05) is 50.2 Å². The molecular weight excluding hydrogens is 276 g/mol. The molecule has 0 aliphatic rings. The number of rotatable bonds is 3. The summed E-state index contributed by atoms with van der Waals surface area (Å²) in [6, 6.07) is 13.5. The highest BCUT2D eigenvalue weighted by Crippen LogP contribution is 2.26. The van der Waals surface area contributed by atoms with E-state index >= 15 is 0 Å². The van der Waals surface area contributed by atoms with Crippen molar-refractivity contribution in [1.82, 2.24) is 4.98 Å². The van der Waals surface area contributed by atoms with Gasteiger partial charge in [-0.25, -0.2) is 0 Å². The molecule has 3 rings (SSSR count). The molecule has 0 saturated carbocycles. The number of aromatic amines is 1. The van der Waals surface area contributed by atoms with Crippen LogP contribution >= 0.6 is 0 Å². The SMILES string of the molecule is COc1ccccc1NC(=O)c1[nH]c2ccc(C)cc2c1C. The molecule has 0 unspecified atom stereocenters. The first-order chi connectivity index (χ1) is 10.6. The van der Waals surface area contributed by atoms with Crippen LogP contribution in [0.1, 0.15) is 21.6 Å². The number of amides is 1. The largest absolute Gasteiger partial charge is 0.495 e. The first-order valence-electron chi connectivity index (χ1n) is 7.13. The maximum absolute atomic E-state index is 12.6. The number of anilines is 1. The molecule has 2 N–H and O–H groups in total. The number of aryl methyl sites for hydroxylation is 2. The molecule has 0 fully saturated rings. The zero-order valence-electron chi connectivity index (χ0n) is 12.9. The third-order valence-corrected chi connectivity index (χ3v) is 3.80. The van der Waals surface area contributed by atoms with E-state index in [4.69, 9.17) is 4.74 Å². The van der Waals surface area contributed by atoms with Crippen molar-refractivity contribution in [2.75, 3.05) is 12.4 Å². The van der Waals surface area contributed by atoms with Gasteiger partial charge in [0.1, 0.15) is 11.4 Å². The van der Waals surface area contributed by atoms with Crippen LogP contribution in [-0.2, 0) is 0 Å². The minimum atomic E-state index is -0.171. The Bertz CT molecular complexity index is 849. The second-order valence-electron chi connectivity index (χ2n) is 5.33. The first kappa shape index (κ1) is 14.2. The predicted molar refractivity (Wildman–Crippen MR) is 88.7 cm³/mol. The first-order valence-corrected chi connectivity index (χ1v) is 7.13. The number of nitrogens with one attached hydrogen (secondary N) is 2. The van der Waals surface area contributed by atoms with E-state index in [9.17, 15) is 4.79 Å². The Morgan fingerprint density at radius 1 is 1.14 bits per heavy atom. The molecular formula is C18H18N2O2. The summed E-state index contributed by atoms with van der Waals surface area (Å²) in [6.45, 7) is 4.00. The topological polar surface area (TPSA) is 54.1 Å². The highest BCUT2D eigenvalue weighted by molar-refractivity contribution is 6.08. The lowest BCUT2D eigenvalue weighted by molar-refractivity contribution is 0.102. The maximum Gasteiger partial charge on any atom is 0.272 e. The van der Waals surface area contributed by atoms with E-state index < -0.39 is 0 Å². The summed E-state index contributed by atoms with van der Waals surface area (Å²) in [4.78, 5) is 15.8. The number of aromatic nitrogens is 1. The third-order valence-electron chi connectivity index (χ3n) is 3.80. The Hall–Kier alpha value is -2.75. The second kappa shape index (κ2) is 5.56. The Morgan fingerprint density at radius 2 is 1.91 bits per heavy atom. The van der Waals surface area contributed by atoms with E-state index in [1.54, 1.807) is 7.11 Å². The number of hydrogen-bond donors (Lipinski definition) is 2. The fraction of sp³-hybridized carbons (Fsp3) is 0.167. The van der Waals surface area contributed by atoms with Crippen molar-refractivity contribution in [3.8, 4) is 5.75 Å². The molecule has 112 valence electrons. The van der Waals surface area contributed by atoms with E-state index in [0.717, 1.165) is 16.5 Å². The Morgan fingerprint density at radius 3 is 2.68 bits per heavy atom. The molecule has 2 aromatic carbocycles. The van der Waals surface area contributed by atoms with Crippen LogP contribution in [0.3, 0.4) is 0 Å². The third kappa shape index (κ3) is 2.44. The van der Waals surface area contributed by atoms with Crippen LogP contribution in [0.4, 0.5) is 5.69 Å². The number of ether oxygens (including phenoxy) is 1. The van der Waals surface area contributed by atoms with E-state index in [2.05, 4.69) is 16.4 Å². The van der Waals surface area contributed by atoms with Gasteiger partial charge in [-0.2, -0.15) is 0 Å². The van der Waals surface area contributed by atoms with Crippen LogP contribution in [0, 0.1) is 13.8 Å². The number of carbonyl (C=O) groups excluding carboxylic acids is 1. The summed E-state index contributed by atoms with van der Waals surface area (Å²) < 4.78 is 5.26. The van der Waals surface area contributed by atoms with Crippen LogP contribution < -0.4 is 10.1 Å². The van der Waals surface area contributed by atoms with Gasteiger partial charge in [0.15, 0.2) is 0 Å². The van der Waals surface area contributed by atoms with Gasteiger partial charge in [-0.15, -0.1) is 0 Å². The van der Waals surface area contributed by atoms with Crippen molar-refractivity contribution in [2.45, 2.75) is 13.8 Å². The highest BCUT2D eigenvalue weighted by Gasteiger charge is 2.16. The molecule has 0 aliphatic heterocycles. The Labute approximate surface area is 129 Å². The Kier molecular flexibility index (Phi) is 3.59. The van der Waals surface area contributed by atoms with Crippen molar-refractivity contribution in [1.29, 1.82) is 0 Å². The zero-order chi connectivity index (χ0) is 15.7. The van der Waals surface area contributed by atoms with Crippen molar-refractivity contribution in [3.63, 3.8) is 0 Å². The number of carbonyl (C=O) groups is 1. The van der Waals surface area contributed by atoms with Crippen molar-refractivity contribution >= 4 is 22.5 Å². The zero-order valence-corrected chi connectivity index (χ0v) is 12.9. The summed E-state index contributed by atoms with van der Waals surface area (Å²) in [5.74, 6) is 0.469. The lowest BCUT2D eigenvalue weighted by Gasteiger charge is -2.09. The molecule has 1 amide bonds. The number of methoxy groups -OCH3 is 1. The minimum absolute atomic E-state index is 0.171. The summed E-state index contributed by atoms with van der Waals surface area (Å²) in [7, 11) is 1.59. The van der Waals surface area contributed by atoms with Crippen molar-refractivity contribution in [3.05, 3.63) is 59.3 Å². The van der Waals surface area contributed by atoms with Gasteiger partial charge in [0.25, 0.3) is 5.91 Å². The molecule has 1 heterocycles. The van der Waals surface area contributed by atoms with Gasteiger partial charge in [0, 0.05) is 10.9 Å². The van der Waals surface area contributed by atoms with Gasteiger partial charge in [-0.1, -0.05) is 23.8 Å². The van der Waals surface area contributed by atoms with E-state index in [-0.39, 0.29) is 5.91 Å².